The van der Waals surface area contributed by atoms with Crippen LogP contribution in [0.5, 0.6) is 0 Å². The molecule has 0 aromatic carbocycles. The second-order valence-corrected chi connectivity index (χ2v) is 9.99. The number of epoxide rings is 1. The topological polar surface area (TPSA) is 99.5 Å². The van der Waals surface area contributed by atoms with Crippen LogP contribution in [-0.4, -0.2) is 57.9 Å². The summed E-state index contributed by atoms with van der Waals surface area (Å²) < 4.78 is 11.5. The summed E-state index contributed by atoms with van der Waals surface area (Å²) in [6.45, 7) is 10.1. The number of allylic oxidation sites excluding steroid dienone is 3. The Bertz CT molecular complexity index is 699. The molecular weight excluding hydrogens is 420 g/mol. The lowest BCUT2D eigenvalue weighted by atomic mass is 9.93. The quantitative estimate of drug-likeness (QED) is 0.217. The van der Waals surface area contributed by atoms with E-state index in [4.69, 9.17) is 9.47 Å². The number of hydrogen-bond acceptors (Lipinski definition) is 6. The van der Waals surface area contributed by atoms with Crippen molar-refractivity contribution >= 4 is 5.97 Å². The fourth-order valence-electron chi connectivity index (χ4n) is 4.50. The van der Waals surface area contributed by atoms with Gasteiger partial charge in [-0.3, -0.25) is 4.79 Å². The van der Waals surface area contributed by atoms with Crippen LogP contribution in [-0.2, 0) is 14.3 Å². The molecule has 0 spiro atoms. The van der Waals surface area contributed by atoms with Crippen LogP contribution in [0, 0.1) is 17.8 Å². The largest absolute Gasteiger partial charge is 0.457 e. The van der Waals surface area contributed by atoms with Crippen LogP contribution in [0.25, 0.3) is 0 Å². The van der Waals surface area contributed by atoms with Crippen molar-refractivity contribution in [3.63, 3.8) is 0 Å². The summed E-state index contributed by atoms with van der Waals surface area (Å²) in [5, 5.41) is 30.2. The summed E-state index contributed by atoms with van der Waals surface area (Å²) in [6, 6.07) is 0. The first-order valence-electron chi connectivity index (χ1n) is 12.5. The van der Waals surface area contributed by atoms with E-state index < -0.39 is 24.3 Å². The fourth-order valence-corrected chi connectivity index (χ4v) is 4.50. The lowest BCUT2D eigenvalue weighted by Crippen LogP contribution is -2.28. The molecule has 33 heavy (non-hydrogen) atoms. The number of hydrogen-bond donors (Lipinski definition) is 3. The van der Waals surface area contributed by atoms with E-state index >= 15 is 0 Å². The summed E-state index contributed by atoms with van der Waals surface area (Å²) in [6.07, 6.45) is 11.3. The van der Waals surface area contributed by atoms with E-state index in [2.05, 4.69) is 13.0 Å². The molecule has 2 aliphatic heterocycles. The first-order valence-corrected chi connectivity index (χ1v) is 12.5. The molecule has 1 fully saturated rings. The second kappa shape index (κ2) is 13.4. The molecule has 6 heteroatoms. The van der Waals surface area contributed by atoms with Crippen LogP contribution in [0.15, 0.2) is 36.0 Å². The van der Waals surface area contributed by atoms with Crippen molar-refractivity contribution in [1.82, 2.24) is 0 Å². The number of carbonyl (C=O) groups is 1. The van der Waals surface area contributed by atoms with Gasteiger partial charge in [-0.2, -0.15) is 0 Å². The Labute approximate surface area is 199 Å². The third kappa shape index (κ3) is 9.36. The molecule has 0 saturated carbocycles. The zero-order valence-corrected chi connectivity index (χ0v) is 20.9. The monoisotopic (exact) mass is 464 g/mol. The predicted octanol–water partition coefficient (Wildman–Crippen LogP) is 4.09. The first kappa shape index (κ1) is 27.8. The highest BCUT2D eigenvalue weighted by Gasteiger charge is 2.44. The smallest absolute Gasteiger partial charge is 0.309 e. The molecular formula is C27H44O6. The Morgan fingerprint density at radius 1 is 1.24 bits per heavy atom. The van der Waals surface area contributed by atoms with Crippen LogP contribution in [0.3, 0.4) is 0 Å². The molecule has 9 atom stereocenters. The number of aliphatic hydroxyl groups is 3. The molecule has 0 aromatic heterocycles. The fraction of sp³-hybridized carbons (Fsp3) is 0.741. The Morgan fingerprint density at radius 3 is 2.67 bits per heavy atom. The standard InChI is InChI=1S/C27H44O6/c1-6-23(30)20(5)27-24(32-27)15-17(2)9-7-10-18(3)26-19(4)13-14-21(28)11-8-12-22(29)16-25(31)33-26/h7,9-10,13-14,17,19-24,26-30H,6,8,11-12,15-16H2,1-5H3/b9-7+,14-13+,18-10+. The van der Waals surface area contributed by atoms with Crippen molar-refractivity contribution in [3.05, 3.63) is 36.0 Å². The van der Waals surface area contributed by atoms with Gasteiger partial charge >= 0.3 is 5.97 Å². The van der Waals surface area contributed by atoms with E-state index in [0.717, 1.165) is 18.4 Å². The number of aliphatic hydroxyl groups excluding tert-OH is 3. The van der Waals surface area contributed by atoms with Gasteiger partial charge in [0.25, 0.3) is 0 Å². The van der Waals surface area contributed by atoms with Gasteiger partial charge in [0.15, 0.2) is 0 Å². The maximum absolute atomic E-state index is 12.4. The van der Waals surface area contributed by atoms with Crippen molar-refractivity contribution in [3.8, 4) is 0 Å². The molecule has 2 heterocycles. The lowest BCUT2D eigenvalue weighted by Gasteiger charge is -2.24. The second-order valence-electron chi connectivity index (χ2n) is 9.99. The summed E-state index contributed by atoms with van der Waals surface area (Å²) in [4.78, 5) is 12.4. The molecule has 0 aliphatic carbocycles. The number of esters is 1. The molecule has 0 radical (unpaired) electrons. The average Bonchev–Trinajstić information content (AvgIpc) is 3.52. The van der Waals surface area contributed by atoms with Crippen LogP contribution < -0.4 is 0 Å². The van der Waals surface area contributed by atoms with Gasteiger partial charge < -0.3 is 24.8 Å². The average molecular weight is 465 g/mol. The van der Waals surface area contributed by atoms with Crippen LogP contribution >= 0.6 is 0 Å². The zero-order valence-electron chi connectivity index (χ0n) is 20.9. The van der Waals surface area contributed by atoms with Crippen molar-refractivity contribution < 1.29 is 29.6 Å². The van der Waals surface area contributed by atoms with E-state index in [-0.39, 0.29) is 36.6 Å². The molecule has 1 saturated heterocycles. The van der Waals surface area contributed by atoms with E-state index in [1.807, 2.05) is 45.9 Å². The highest BCUT2D eigenvalue weighted by Crippen LogP contribution is 2.36. The minimum Gasteiger partial charge on any atom is -0.457 e. The van der Waals surface area contributed by atoms with Gasteiger partial charge in [-0.1, -0.05) is 58.1 Å². The first-order chi connectivity index (χ1) is 15.6. The normalized spacial score (nSPS) is 35.8. The molecule has 6 nitrogen and oxygen atoms in total. The van der Waals surface area contributed by atoms with E-state index in [1.165, 1.54) is 0 Å². The summed E-state index contributed by atoms with van der Waals surface area (Å²) in [7, 11) is 0. The molecule has 0 amide bonds. The van der Waals surface area contributed by atoms with Crippen LogP contribution in [0.2, 0.25) is 0 Å². The zero-order chi connectivity index (χ0) is 24.5. The maximum Gasteiger partial charge on any atom is 0.309 e. The van der Waals surface area contributed by atoms with Gasteiger partial charge in [0, 0.05) is 11.8 Å². The molecule has 2 aliphatic rings. The van der Waals surface area contributed by atoms with E-state index in [9.17, 15) is 20.1 Å². The summed E-state index contributed by atoms with van der Waals surface area (Å²) in [5.41, 5.74) is 0.908. The molecule has 2 rings (SSSR count). The van der Waals surface area contributed by atoms with Gasteiger partial charge in [-0.25, -0.2) is 0 Å². The third-order valence-electron chi connectivity index (χ3n) is 6.83. The van der Waals surface area contributed by atoms with Crippen molar-refractivity contribution in [2.24, 2.45) is 17.8 Å². The van der Waals surface area contributed by atoms with Gasteiger partial charge in [-0.15, -0.1) is 0 Å². The number of rotatable bonds is 8. The Morgan fingerprint density at radius 2 is 1.97 bits per heavy atom. The molecule has 0 aromatic rings. The van der Waals surface area contributed by atoms with Gasteiger partial charge in [0.05, 0.1) is 36.9 Å². The van der Waals surface area contributed by atoms with Crippen molar-refractivity contribution in [1.29, 1.82) is 0 Å². The molecule has 188 valence electrons. The lowest BCUT2D eigenvalue weighted by molar-refractivity contribution is -0.151. The molecule has 3 N–H and O–H groups in total. The van der Waals surface area contributed by atoms with Crippen molar-refractivity contribution in [2.45, 2.75) is 110 Å². The molecule has 0 bridgehead atoms. The van der Waals surface area contributed by atoms with Gasteiger partial charge in [-0.05, 0) is 50.5 Å². The van der Waals surface area contributed by atoms with Crippen LogP contribution in [0.4, 0.5) is 0 Å². The number of carbonyl (C=O) groups excluding carboxylic acids is 1. The summed E-state index contributed by atoms with van der Waals surface area (Å²) in [5.74, 6) is -0.0363. The number of cyclic esters (lactones) is 1. The predicted molar refractivity (Wildman–Crippen MR) is 129 cm³/mol. The van der Waals surface area contributed by atoms with Gasteiger partial charge in [0.2, 0.25) is 0 Å². The Balaban J connectivity index is 1.97. The highest BCUT2D eigenvalue weighted by molar-refractivity contribution is 5.70. The van der Waals surface area contributed by atoms with E-state index in [1.54, 1.807) is 6.08 Å². The van der Waals surface area contributed by atoms with Crippen LogP contribution in [0.1, 0.15) is 73.1 Å². The highest BCUT2D eigenvalue weighted by atomic mass is 16.6. The minimum atomic E-state index is -0.747. The SMILES string of the molecule is CCC(O)C(C)C1OC1CC(C)/C=C/C=C(\C)C1OC(=O)CC(O)CCCC(O)/C=C/C1C. The van der Waals surface area contributed by atoms with Gasteiger partial charge in [0.1, 0.15) is 6.10 Å². The third-order valence-corrected chi connectivity index (χ3v) is 6.83. The Kier molecular flexibility index (Phi) is 11.3. The maximum atomic E-state index is 12.4. The van der Waals surface area contributed by atoms with E-state index in [0.29, 0.717) is 25.2 Å². The summed E-state index contributed by atoms with van der Waals surface area (Å²) >= 11 is 0. The van der Waals surface area contributed by atoms with Crippen molar-refractivity contribution in [2.75, 3.05) is 0 Å². The minimum absolute atomic E-state index is 0.0309. The molecule has 9 unspecified atom stereocenters. The number of ether oxygens (including phenoxy) is 2. The Hall–Kier alpha value is -1.47.